The molecule has 0 spiro atoms. The Hall–Kier alpha value is -1.45. The summed E-state index contributed by atoms with van der Waals surface area (Å²) < 4.78 is 0. The smallest absolute Gasteiger partial charge is 0.140 e. The summed E-state index contributed by atoms with van der Waals surface area (Å²) >= 11 is 0. The number of hydrogen-bond acceptors (Lipinski definition) is 3. The Labute approximate surface area is 119 Å². The lowest BCUT2D eigenvalue weighted by atomic mass is 9.97. The first-order valence-corrected chi connectivity index (χ1v) is 7.33. The summed E-state index contributed by atoms with van der Waals surface area (Å²) in [7, 11) is 0. The molecule has 0 amide bonds. The first-order valence-electron chi connectivity index (χ1n) is 7.33. The van der Waals surface area contributed by atoms with Crippen LogP contribution in [0.2, 0.25) is 0 Å². The highest BCUT2D eigenvalue weighted by atomic mass is 16.3. The molecule has 20 heavy (non-hydrogen) atoms. The molecule has 1 aromatic rings. The molecule has 106 valence electrons. The zero-order valence-corrected chi connectivity index (χ0v) is 11.9. The normalized spacial score (nSPS) is 23.0. The van der Waals surface area contributed by atoms with E-state index in [9.17, 15) is 9.90 Å². The standard InChI is InChI=1S/C17H21NO2/c1-13(20)14-2-4-15(5-3-14)16-6-10-18(11-7-16)17(12-19)8-9-17/h2-6,12-13,20H,7-11H2,1H3. The Morgan fingerprint density at radius 3 is 2.45 bits per heavy atom. The zero-order valence-electron chi connectivity index (χ0n) is 11.9. The van der Waals surface area contributed by atoms with Gasteiger partial charge in [-0.2, -0.15) is 0 Å². The summed E-state index contributed by atoms with van der Waals surface area (Å²) in [5.41, 5.74) is 3.38. The van der Waals surface area contributed by atoms with Crippen LogP contribution in [0.25, 0.3) is 5.57 Å². The molecule has 3 nitrogen and oxygen atoms in total. The summed E-state index contributed by atoms with van der Waals surface area (Å²) in [5.74, 6) is 0. The molecule has 1 aromatic carbocycles. The number of benzene rings is 1. The van der Waals surface area contributed by atoms with Crippen molar-refractivity contribution < 1.29 is 9.90 Å². The Kier molecular flexibility index (Phi) is 3.48. The molecule has 3 rings (SSSR count). The third-order valence-electron chi connectivity index (χ3n) is 4.58. The number of nitrogens with zero attached hydrogens (tertiary/aromatic N) is 1. The second-order valence-electron chi connectivity index (χ2n) is 5.94. The van der Waals surface area contributed by atoms with Gasteiger partial charge in [0.2, 0.25) is 0 Å². The van der Waals surface area contributed by atoms with Crippen molar-refractivity contribution in [1.82, 2.24) is 4.90 Å². The van der Waals surface area contributed by atoms with E-state index in [1.54, 1.807) is 6.92 Å². The Bertz CT molecular complexity index is 526. The average molecular weight is 271 g/mol. The Balaban J connectivity index is 1.71. The number of hydrogen-bond donors (Lipinski definition) is 1. The first-order chi connectivity index (χ1) is 9.64. The van der Waals surface area contributed by atoms with Crippen LogP contribution in [0.1, 0.15) is 43.4 Å². The quantitative estimate of drug-likeness (QED) is 0.856. The fourth-order valence-electron chi connectivity index (χ4n) is 2.95. The van der Waals surface area contributed by atoms with Gasteiger partial charge in [0, 0.05) is 13.1 Å². The van der Waals surface area contributed by atoms with E-state index in [0.29, 0.717) is 0 Å². The number of carbonyl (C=O) groups is 1. The summed E-state index contributed by atoms with van der Waals surface area (Å²) in [5, 5.41) is 9.53. The maximum atomic E-state index is 11.2. The van der Waals surface area contributed by atoms with E-state index >= 15 is 0 Å². The van der Waals surface area contributed by atoms with Crippen molar-refractivity contribution in [2.75, 3.05) is 13.1 Å². The molecule has 0 bridgehead atoms. The average Bonchev–Trinajstić information content (AvgIpc) is 3.29. The highest BCUT2D eigenvalue weighted by Gasteiger charge is 2.47. The van der Waals surface area contributed by atoms with E-state index < -0.39 is 6.10 Å². The number of rotatable bonds is 4. The number of aliphatic hydroxyl groups is 1. The second-order valence-corrected chi connectivity index (χ2v) is 5.94. The van der Waals surface area contributed by atoms with Gasteiger partial charge in [-0.25, -0.2) is 0 Å². The van der Waals surface area contributed by atoms with E-state index in [2.05, 4.69) is 23.1 Å². The molecule has 1 unspecified atom stereocenters. The molecule has 0 saturated heterocycles. The molecular weight excluding hydrogens is 250 g/mol. The van der Waals surface area contributed by atoms with Gasteiger partial charge >= 0.3 is 0 Å². The minimum atomic E-state index is -0.415. The second kappa shape index (κ2) is 5.15. The molecule has 1 N–H and O–H groups in total. The largest absolute Gasteiger partial charge is 0.389 e. The maximum absolute atomic E-state index is 11.2. The molecule has 0 aromatic heterocycles. The molecule has 1 saturated carbocycles. The van der Waals surface area contributed by atoms with Crippen molar-refractivity contribution >= 4 is 11.9 Å². The van der Waals surface area contributed by atoms with Gasteiger partial charge in [-0.15, -0.1) is 0 Å². The van der Waals surface area contributed by atoms with Crippen LogP contribution >= 0.6 is 0 Å². The van der Waals surface area contributed by atoms with Crippen LogP contribution < -0.4 is 0 Å². The molecule has 2 aliphatic rings. The summed E-state index contributed by atoms with van der Waals surface area (Å²) in [6.07, 6.45) is 5.98. The van der Waals surface area contributed by atoms with Crippen LogP contribution in [0.3, 0.4) is 0 Å². The number of carbonyl (C=O) groups excluding carboxylic acids is 1. The first kappa shape index (κ1) is 13.5. The predicted molar refractivity (Wildman–Crippen MR) is 79.3 cm³/mol. The highest BCUT2D eigenvalue weighted by molar-refractivity contribution is 5.71. The highest BCUT2D eigenvalue weighted by Crippen LogP contribution is 2.41. The Morgan fingerprint density at radius 2 is 2.00 bits per heavy atom. The van der Waals surface area contributed by atoms with E-state index in [4.69, 9.17) is 0 Å². The van der Waals surface area contributed by atoms with Gasteiger partial charge in [0.15, 0.2) is 0 Å². The minimum Gasteiger partial charge on any atom is -0.389 e. The van der Waals surface area contributed by atoms with E-state index in [-0.39, 0.29) is 5.54 Å². The zero-order chi connectivity index (χ0) is 14.2. The molecular formula is C17H21NO2. The van der Waals surface area contributed by atoms with E-state index in [1.807, 2.05) is 12.1 Å². The van der Waals surface area contributed by atoms with Crippen LogP contribution in [0.4, 0.5) is 0 Å². The van der Waals surface area contributed by atoms with Crippen molar-refractivity contribution in [3.8, 4) is 0 Å². The minimum absolute atomic E-state index is 0.141. The van der Waals surface area contributed by atoms with Gasteiger partial charge in [0.25, 0.3) is 0 Å². The van der Waals surface area contributed by atoms with Gasteiger partial charge < -0.3 is 9.90 Å². The summed E-state index contributed by atoms with van der Waals surface area (Å²) in [6, 6.07) is 8.13. The Morgan fingerprint density at radius 1 is 1.30 bits per heavy atom. The van der Waals surface area contributed by atoms with Crippen LogP contribution in [-0.4, -0.2) is 34.9 Å². The van der Waals surface area contributed by atoms with E-state index in [0.717, 1.165) is 44.2 Å². The van der Waals surface area contributed by atoms with Crippen LogP contribution in [0.15, 0.2) is 30.3 Å². The fraction of sp³-hybridized carbons (Fsp3) is 0.471. The maximum Gasteiger partial charge on any atom is 0.140 e. The molecule has 1 fully saturated rings. The predicted octanol–water partition coefficient (Wildman–Crippen LogP) is 2.56. The van der Waals surface area contributed by atoms with Crippen LogP contribution in [0, 0.1) is 0 Å². The molecule has 0 radical (unpaired) electrons. The monoisotopic (exact) mass is 271 g/mol. The van der Waals surface area contributed by atoms with E-state index in [1.165, 1.54) is 11.1 Å². The van der Waals surface area contributed by atoms with Crippen molar-refractivity contribution in [1.29, 1.82) is 0 Å². The molecule has 1 atom stereocenters. The van der Waals surface area contributed by atoms with Gasteiger partial charge in [0.1, 0.15) is 6.29 Å². The van der Waals surface area contributed by atoms with Crippen LogP contribution in [-0.2, 0) is 4.79 Å². The lowest BCUT2D eigenvalue weighted by Gasteiger charge is -2.31. The summed E-state index contributed by atoms with van der Waals surface area (Å²) in [6.45, 7) is 3.61. The van der Waals surface area contributed by atoms with Crippen LogP contribution in [0.5, 0.6) is 0 Å². The SMILES string of the molecule is CC(O)c1ccc(C2=CCN(C3(C=O)CC3)CC2)cc1. The van der Waals surface area contributed by atoms with Gasteiger partial charge in [-0.1, -0.05) is 30.3 Å². The lowest BCUT2D eigenvalue weighted by Crippen LogP contribution is -2.41. The molecule has 3 heteroatoms. The molecule has 1 heterocycles. The van der Waals surface area contributed by atoms with Gasteiger partial charge in [0.05, 0.1) is 11.6 Å². The lowest BCUT2D eigenvalue weighted by molar-refractivity contribution is -0.113. The topological polar surface area (TPSA) is 40.5 Å². The van der Waals surface area contributed by atoms with Crippen molar-refractivity contribution in [2.45, 2.75) is 37.8 Å². The number of aldehydes is 1. The van der Waals surface area contributed by atoms with Crippen molar-refractivity contribution in [2.24, 2.45) is 0 Å². The third kappa shape index (κ3) is 2.43. The van der Waals surface area contributed by atoms with Crippen molar-refractivity contribution in [3.63, 3.8) is 0 Å². The number of aliphatic hydroxyl groups excluding tert-OH is 1. The van der Waals surface area contributed by atoms with Crippen molar-refractivity contribution in [3.05, 3.63) is 41.5 Å². The molecule has 1 aliphatic heterocycles. The molecule has 1 aliphatic carbocycles. The fourth-order valence-corrected chi connectivity index (χ4v) is 2.95. The summed E-state index contributed by atoms with van der Waals surface area (Å²) in [4.78, 5) is 13.5. The van der Waals surface area contributed by atoms with Gasteiger partial charge in [-0.05, 0) is 42.9 Å². The van der Waals surface area contributed by atoms with Gasteiger partial charge in [-0.3, -0.25) is 4.90 Å². The third-order valence-corrected chi connectivity index (χ3v) is 4.58.